The molecule has 1 heteroatoms. The van der Waals surface area contributed by atoms with Gasteiger partial charge in [-0.2, -0.15) is 0 Å². The fourth-order valence-corrected chi connectivity index (χ4v) is 1.34. The summed E-state index contributed by atoms with van der Waals surface area (Å²) in [7, 11) is 2.18. The molecular weight excluding hydrogens is 122 g/mol. The maximum atomic E-state index is 2.36. The van der Waals surface area contributed by atoms with Gasteiger partial charge in [0, 0.05) is 6.54 Å². The first kappa shape index (κ1) is 7.80. The number of hydrogen-bond acceptors (Lipinski definition) is 1. The lowest BCUT2D eigenvalue weighted by atomic mass is 10.0. The molecule has 0 aromatic heterocycles. The highest BCUT2D eigenvalue weighted by Crippen LogP contribution is 2.09. The van der Waals surface area contributed by atoms with Gasteiger partial charge in [-0.1, -0.05) is 19.1 Å². The molecule has 0 aromatic rings. The Kier molecular flexibility index (Phi) is 2.94. The van der Waals surface area contributed by atoms with Crippen LogP contribution in [0.1, 0.15) is 19.8 Å². The molecule has 1 nitrogen and oxygen atoms in total. The summed E-state index contributed by atoms with van der Waals surface area (Å²) in [5, 5.41) is 0. The number of likely N-dealkylation sites (N-methyl/N-ethyl adjacent to an activating group) is 1. The van der Waals surface area contributed by atoms with E-state index in [1.54, 1.807) is 0 Å². The zero-order valence-electron chi connectivity index (χ0n) is 7.01. The van der Waals surface area contributed by atoms with Gasteiger partial charge in [0.15, 0.2) is 0 Å². The van der Waals surface area contributed by atoms with E-state index in [1.165, 1.54) is 19.4 Å². The summed E-state index contributed by atoms with van der Waals surface area (Å²) < 4.78 is 0. The number of nitrogens with zero attached hydrogens (tertiary/aromatic N) is 1. The van der Waals surface area contributed by atoms with E-state index in [4.69, 9.17) is 0 Å². The Morgan fingerprint density at radius 2 is 2.30 bits per heavy atom. The summed E-state index contributed by atoms with van der Waals surface area (Å²) in [6.07, 6.45) is 7.31. The molecule has 1 heterocycles. The van der Waals surface area contributed by atoms with Crippen LogP contribution in [0.25, 0.3) is 0 Å². The smallest absolute Gasteiger partial charge is 0.0160 e. The van der Waals surface area contributed by atoms with Gasteiger partial charge >= 0.3 is 0 Å². The molecule has 0 saturated heterocycles. The maximum Gasteiger partial charge on any atom is 0.0160 e. The van der Waals surface area contributed by atoms with Crippen molar-refractivity contribution in [2.24, 2.45) is 5.92 Å². The normalized spacial score (nSPS) is 32.8. The molecule has 1 atom stereocenters. The largest absolute Gasteiger partial charge is 0.303 e. The molecule has 58 valence electrons. The minimum absolute atomic E-state index is 0.800. The van der Waals surface area contributed by atoms with Gasteiger partial charge in [-0.25, -0.2) is 0 Å². The van der Waals surface area contributed by atoms with Crippen LogP contribution in [0.3, 0.4) is 0 Å². The molecule has 0 fully saturated rings. The first-order chi connectivity index (χ1) is 4.79. The van der Waals surface area contributed by atoms with Crippen molar-refractivity contribution in [1.82, 2.24) is 4.90 Å². The van der Waals surface area contributed by atoms with Crippen molar-refractivity contribution in [3.05, 3.63) is 12.2 Å². The molecule has 1 aliphatic rings. The molecule has 0 aliphatic carbocycles. The highest BCUT2D eigenvalue weighted by Gasteiger charge is 2.02. The lowest BCUT2D eigenvalue weighted by molar-refractivity contribution is 0.343. The Balaban J connectivity index is 2.38. The highest BCUT2D eigenvalue weighted by atomic mass is 15.1. The van der Waals surface area contributed by atoms with Gasteiger partial charge in [0.25, 0.3) is 0 Å². The predicted molar refractivity (Wildman–Crippen MR) is 45.0 cm³/mol. The van der Waals surface area contributed by atoms with Crippen molar-refractivity contribution >= 4 is 0 Å². The summed E-state index contributed by atoms with van der Waals surface area (Å²) >= 11 is 0. The molecule has 1 aliphatic heterocycles. The van der Waals surface area contributed by atoms with Crippen molar-refractivity contribution in [1.29, 1.82) is 0 Å². The van der Waals surface area contributed by atoms with E-state index in [9.17, 15) is 0 Å². The average Bonchev–Trinajstić information content (AvgIpc) is 1.84. The van der Waals surface area contributed by atoms with Crippen molar-refractivity contribution in [2.75, 3.05) is 20.1 Å². The van der Waals surface area contributed by atoms with E-state index in [-0.39, 0.29) is 0 Å². The van der Waals surface area contributed by atoms with Crippen LogP contribution in [0, 0.1) is 5.92 Å². The minimum atomic E-state index is 0.800. The second-order valence-corrected chi connectivity index (χ2v) is 3.31. The Morgan fingerprint density at radius 3 is 3.10 bits per heavy atom. The zero-order chi connectivity index (χ0) is 7.40. The third kappa shape index (κ3) is 2.53. The van der Waals surface area contributed by atoms with E-state index < -0.39 is 0 Å². The summed E-state index contributed by atoms with van der Waals surface area (Å²) in [5.74, 6) is 0.800. The van der Waals surface area contributed by atoms with Gasteiger partial charge in [-0.05, 0) is 32.4 Å². The minimum Gasteiger partial charge on any atom is -0.303 e. The van der Waals surface area contributed by atoms with Crippen molar-refractivity contribution in [3.63, 3.8) is 0 Å². The van der Waals surface area contributed by atoms with Crippen molar-refractivity contribution < 1.29 is 0 Å². The van der Waals surface area contributed by atoms with Gasteiger partial charge in [0.2, 0.25) is 0 Å². The molecule has 0 N–H and O–H groups in total. The molecule has 10 heavy (non-hydrogen) atoms. The lowest BCUT2D eigenvalue weighted by Crippen LogP contribution is -2.21. The third-order valence-electron chi connectivity index (χ3n) is 2.08. The van der Waals surface area contributed by atoms with Gasteiger partial charge in [0.1, 0.15) is 0 Å². The summed E-state index contributed by atoms with van der Waals surface area (Å²) in [5.41, 5.74) is 0. The Hall–Kier alpha value is -0.300. The molecule has 0 saturated carbocycles. The molecule has 0 aromatic carbocycles. The predicted octanol–water partition coefficient (Wildman–Crippen LogP) is 1.90. The number of hydrogen-bond donors (Lipinski definition) is 0. The summed E-state index contributed by atoms with van der Waals surface area (Å²) in [6, 6.07) is 0. The third-order valence-corrected chi connectivity index (χ3v) is 2.08. The Bertz CT molecular complexity index is 118. The number of rotatable bonds is 0. The average molecular weight is 139 g/mol. The van der Waals surface area contributed by atoms with Gasteiger partial charge in [0.05, 0.1) is 0 Å². The van der Waals surface area contributed by atoms with Crippen LogP contribution in [-0.2, 0) is 0 Å². The fraction of sp³-hybridized carbons (Fsp3) is 0.778. The summed E-state index contributed by atoms with van der Waals surface area (Å²) in [6.45, 7) is 4.68. The zero-order valence-corrected chi connectivity index (χ0v) is 7.01. The first-order valence-corrected chi connectivity index (χ1v) is 4.14. The highest BCUT2D eigenvalue weighted by molar-refractivity contribution is 4.90. The van der Waals surface area contributed by atoms with E-state index >= 15 is 0 Å². The van der Waals surface area contributed by atoms with Crippen LogP contribution in [0.15, 0.2) is 12.2 Å². The number of allylic oxidation sites excluding steroid dienone is 1. The second kappa shape index (κ2) is 3.77. The molecule has 0 amide bonds. The maximum absolute atomic E-state index is 2.36. The van der Waals surface area contributed by atoms with E-state index in [0.29, 0.717) is 0 Å². The van der Waals surface area contributed by atoms with Crippen LogP contribution in [0.5, 0.6) is 0 Å². The van der Waals surface area contributed by atoms with E-state index in [2.05, 4.69) is 31.0 Å². The molecule has 0 radical (unpaired) electrons. The monoisotopic (exact) mass is 139 g/mol. The molecular formula is C9H17N. The van der Waals surface area contributed by atoms with Crippen LogP contribution in [-0.4, -0.2) is 25.0 Å². The topological polar surface area (TPSA) is 3.24 Å². The Morgan fingerprint density at radius 1 is 1.50 bits per heavy atom. The van der Waals surface area contributed by atoms with Crippen LogP contribution in [0.4, 0.5) is 0 Å². The van der Waals surface area contributed by atoms with Gasteiger partial charge < -0.3 is 4.90 Å². The van der Waals surface area contributed by atoms with Gasteiger partial charge in [-0.15, -0.1) is 0 Å². The van der Waals surface area contributed by atoms with Gasteiger partial charge in [-0.3, -0.25) is 0 Å². The SMILES string of the molecule is CC1/C=C\CN(C)CCC1. The quantitative estimate of drug-likeness (QED) is 0.463. The summed E-state index contributed by atoms with van der Waals surface area (Å²) in [4.78, 5) is 2.36. The Labute approximate surface area is 63.7 Å². The molecule has 0 bridgehead atoms. The van der Waals surface area contributed by atoms with Crippen molar-refractivity contribution in [3.8, 4) is 0 Å². The second-order valence-electron chi connectivity index (χ2n) is 3.31. The van der Waals surface area contributed by atoms with E-state index in [0.717, 1.165) is 12.5 Å². The molecule has 1 unspecified atom stereocenters. The van der Waals surface area contributed by atoms with E-state index in [1.807, 2.05) is 0 Å². The van der Waals surface area contributed by atoms with Crippen LogP contribution < -0.4 is 0 Å². The van der Waals surface area contributed by atoms with Crippen LogP contribution >= 0.6 is 0 Å². The lowest BCUT2D eigenvalue weighted by Gasteiger charge is -2.18. The standard InChI is InChI=1S/C9H17N/c1-9-5-3-7-10(2)8-4-6-9/h3,5,9H,4,6-8H2,1-2H3/b5-3-. The van der Waals surface area contributed by atoms with Crippen molar-refractivity contribution in [2.45, 2.75) is 19.8 Å². The van der Waals surface area contributed by atoms with Crippen LogP contribution in [0.2, 0.25) is 0 Å². The molecule has 0 spiro atoms. The first-order valence-electron chi connectivity index (χ1n) is 4.14. The molecule has 1 rings (SSSR count). The fourth-order valence-electron chi connectivity index (χ4n) is 1.34.